The van der Waals surface area contributed by atoms with Gasteiger partial charge in [-0.1, -0.05) is 0 Å². The average Bonchev–Trinajstić information content (AvgIpc) is 2.51. The predicted molar refractivity (Wildman–Crippen MR) is 45.5 cm³/mol. The van der Waals surface area contributed by atoms with Gasteiger partial charge in [0.2, 0.25) is 0 Å². The monoisotopic (exact) mass is 200 g/mol. The zero-order valence-electron chi connectivity index (χ0n) is 7.47. The molecule has 76 valence electrons. The predicted octanol–water partition coefficient (Wildman–Crippen LogP) is -0.195. The standard InChI is InChI=1S/C7H9BO6/c1-2-12-7(9)6-5(3-4-13-6)14-8(10)11/h3-4,10-11H,2H2,1H3. The van der Waals surface area contributed by atoms with Gasteiger partial charge in [-0.2, -0.15) is 0 Å². The molecule has 1 rings (SSSR count). The maximum atomic E-state index is 11.1. The Bertz CT molecular complexity index is 307. The highest BCUT2D eigenvalue weighted by atomic mass is 16.6. The van der Waals surface area contributed by atoms with Crippen molar-refractivity contribution < 1.29 is 28.7 Å². The second kappa shape index (κ2) is 4.68. The van der Waals surface area contributed by atoms with Crippen LogP contribution in [0.25, 0.3) is 0 Å². The lowest BCUT2D eigenvalue weighted by atomic mass is 10.2. The van der Waals surface area contributed by atoms with Gasteiger partial charge in [0.1, 0.15) is 0 Å². The van der Waals surface area contributed by atoms with Crippen LogP contribution in [0.4, 0.5) is 0 Å². The molecular formula is C7H9BO6. The van der Waals surface area contributed by atoms with Crippen LogP contribution in [-0.4, -0.2) is 29.9 Å². The molecule has 0 aliphatic heterocycles. The third-order valence-corrected chi connectivity index (χ3v) is 1.32. The van der Waals surface area contributed by atoms with Gasteiger partial charge >= 0.3 is 13.3 Å². The summed E-state index contributed by atoms with van der Waals surface area (Å²) in [6.07, 6.45) is 1.18. The Labute approximate surface area is 80.2 Å². The van der Waals surface area contributed by atoms with Crippen molar-refractivity contribution in [2.45, 2.75) is 6.92 Å². The Morgan fingerprint density at radius 2 is 2.36 bits per heavy atom. The maximum Gasteiger partial charge on any atom is 0.707 e. The van der Waals surface area contributed by atoms with Crippen LogP contribution in [0.15, 0.2) is 16.7 Å². The summed E-state index contributed by atoms with van der Waals surface area (Å²) in [5, 5.41) is 17.0. The van der Waals surface area contributed by atoms with Crippen molar-refractivity contribution in [3.05, 3.63) is 18.1 Å². The normalized spacial score (nSPS) is 9.64. The Morgan fingerprint density at radius 1 is 1.64 bits per heavy atom. The topological polar surface area (TPSA) is 89.1 Å². The van der Waals surface area contributed by atoms with Gasteiger partial charge in [0, 0.05) is 6.07 Å². The molecule has 0 fully saturated rings. The van der Waals surface area contributed by atoms with Crippen LogP contribution in [0, 0.1) is 0 Å². The number of hydrogen-bond acceptors (Lipinski definition) is 6. The first-order valence-corrected chi connectivity index (χ1v) is 3.92. The van der Waals surface area contributed by atoms with Gasteiger partial charge in [0.25, 0.3) is 5.76 Å². The fraction of sp³-hybridized carbons (Fsp3) is 0.286. The lowest BCUT2D eigenvalue weighted by Gasteiger charge is -2.03. The first kappa shape index (κ1) is 10.6. The minimum atomic E-state index is -2.00. The number of hydrogen-bond donors (Lipinski definition) is 2. The first-order valence-electron chi connectivity index (χ1n) is 3.92. The highest BCUT2D eigenvalue weighted by molar-refractivity contribution is 6.33. The molecule has 0 saturated heterocycles. The maximum absolute atomic E-state index is 11.1. The van der Waals surface area contributed by atoms with E-state index in [0.717, 1.165) is 0 Å². The van der Waals surface area contributed by atoms with Crippen LogP contribution in [0.5, 0.6) is 5.75 Å². The Kier molecular flexibility index (Phi) is 3.55. The van der Waals surface area contributed by atoms with Gasteiger partial charge in [-0.15, -0.1) is 0 Å². The Hall–Kier alpha value is -1.47. The van der Waals surface area contributed by atoms with Crippen molar-refractivity contribution in [3.8, 4) is 5.75 Å². The first-order chi connectivity index (χ1) is 6.65. The molecule has 0 atom stereocenters. The minimum absolute atomic E-state index is 0.0709. The quantitative estimate of drug-likeness (QED) is 0.516. The van der Waals surface area contributed by atoms with E-state index in [-0.39, 0.29) is 18.1 Å². The van der Waals surface area contributed by atoms with E-state index in [9.17, 15) is 4.79 Å². The van der Waals surface area contributed by atoms with Crippen molar-refractivity contribution in [3.63, 3.8) is 0 Å². The molecule has 6 nitrogen and oxygen atoms in total. The molecule has 0 saturated carbocycles. The highest BCUT2D eigenvalue weighted by Crippen LogP contribution is 2.20. The molecule has 0 spiro atoms. The molecular weight excluding hydrogens is 191 g/mol. The van der Waals surface area contributed by atoms with E-state index in [0.29, 0.717) is 0 Å². The molecule has 1 aromatic heterocycles. The SMILES string of the molecule is CCOC(=O)c1occc1OB(O)O. The van der Waals surface area contributed by atoms with Crippen LogP contribution in [0.3, 0.4) is 0 Å². The Balaban J connectivity index is 2.76. The van der Waals surface area contributed by atoms with Crippen molar-refractivity contribution in [1.82, 2.24) is 0 Å². The lowest BCUT2D eigenvalue weighted by Crippen LogP contribution is -2.21. The van der Waals surface area contributed by atoms with E-state index < -0.39 is 13.3 Å². The summed E-state index contributed by atoms with van der Waals surface area (Å²) >= 11 is 0. The van der Waals surface area contributed by atoms with Crippen LogP contribution in [-0.2, 0) is 4.74 Å². The zero-order chi connectivity index (χ0) is 10.6. The molecule has 7 heteroatoms. The molecule has 0 radical (unpaired) electrons. The molecule has 0 bridgehead atoms. The fourth-order valence-corrected chi connectivity index (χ4v) is 0.849. The summed E-state index contributed by atoms with van der Waals surface area (Å²) in [6.45, 7) is 1.84. The van der Waals surface area contributed by atoms with Gasteiger partial charge in [-0.3, -0.25) is 0 Å². The zero-order valence-corrected chi connectivity index (χ0v) is 7.47. The van der Waals surface area contributed by atoms with E-state index in [4.69, 9.17) is 14.5 Å². The van der Waals surface area contributed by atoms with E-state index in [1.807, 2.05) is 0 Å². The molecule has 0 amide bonds. The van der Waals surface area contributed by atoms with Gasteiger partial charge < -0.3 is 23.9 Å². The summed E-state index contributed by atoms with van der Waals surface area (Å²) in [5.41, 5.74) is 0. The number of rotatable bonds is 4. The molecule has 1 heterocycles. The largest absolute Gasteiger partial charge is 0.707 e. The van der Waals surface area contributed by atoms with Crippen LogP contribution in [0.1, 0.15) is 17.5 Å². The van der Waals surface area contributed by atoms with Crippen LogP contribution >= 0.6 is 0 Å². The molecule has 0 aromatic carbocycles. The highest BCUT2D eigenvalue weighted by Gasteiger charge is 2.22. The van der Waals surface area contributed by atoms with Crippen LogP contribution < -0.4 is 4.65 Å². The summed E-state index contributed by atoms with van der Waals surface area (Å²) in [5.74, 6) is -0.980. The van der Waals surface area contributed by atoms with Crippen molar-refractivity contribution in [2.75, 3.05) is 6.61 Å². The third-order valence-electron chi connectivity index (χ3n) is 1.32. The summed E-state index contributed by atoms with van der Waals surface area (Å²) in [6, 6.07) is 1.28. The number of furan rings is 1. The second-order valence-electron chi connectivity index (χ2n) is 2.28. The van der Waals surface area contributed by atoms with Gasteiger partial charge in [-0.05, 0) is 6.92 Å². The molecule has 0 aliphatic rings. The molecule has 2 N–H and O–H groups in total. The number of carbonyl (C=O) groups excluding carboxylic acids is 1. The van der Waals surface area contributed by atoms with E-state index in [2.05, 4.69) is 9.39 Å². The number of carbonyl (C=O) groups is 1. The fourth-order valence-electron chi connectivity index (χ4n) is 0.849. The van der Waals surface area contributed by atoms with E-state index in [1.165, 1.54) is 12.3 Å². The van der Waals surface area contributed by atoms with E-state index in [1.54, 1.807) is 6.92 Å². The molecule has 14 heavy (non-hydrogen) atoms. The van der Waals surface area contributed by atoms with Crippen molar-refractivity contribution >= 4 is 13.3 Å². The van der Waals surface area contributed by atoms with Crippen molar-refractivity contribution in [2.24, 2.45) is 0 Å². The number of esters is 1. The third kappa shape index (κ3) is 2.51. The smallest absolute Gasteiger partial charge is 0.509 e. The van der Waals surface area contributed by atoms with Gasteiger partial charge in [0.05, 0.1) is 12.9 Å². The minimum Gasteiger partial charge on any atom is -0.509 e. The van der Waals surface area contributed by atoms with Crippen molar-refractivity contribution in [1.29, 1.82) is 0 Å². The Morgan fingerprint density at radius 3 is 2.93 bits per heavy atom. The van der Waals surface area contributed by atoms with Gasteiger partial charge in [-0.25, -0.2) is 4.79 Å². The second-order valence-corrected chi connectivity index (χ2v) is 2.28. The summed E-state index contributed by atoms with van der Waals surface area (Å²) in [7, 11) is -2.00. The molecule has 0 aliphatic carbocycles. The number of ether oxygens (including phenoxy) is 1. The molecule has 0 unspecified atom stereocenters. The molecule has 1 aromatic rings. The summed E-state index contributed by atoms with van der Waals surface area (Å²) in [4.78, 5) is 11.1. The lowest BCUT2D eigenvalue weighted by molar-refractivity contribution is 0.0486. The van der Waals surface area contributed by atoms with E-state index >= 15 is 0 Å². The summed E-state index contributed by atoms with van der Waals surface area (Å²) < 4.78 is 13.9. The average molecular weight is 200 g/mol. The van der Waals surface area contributed by atoms with Crippen LogP contribution in [0.2, 0.25) is 0 Å². The van der Waals surface area contributed by atoms with Gasteiger partial charge in [0.15, 0.2) is 5.75 Å².